The Morgan fingerprint density at radius 1 is 0.800 bits per heavy atom. The molecule has 20 heavy (non-hydrogen) atoms. The zero-order chi connectivity index (χ0) is 15.5. The molecule has 0 heterocycles. The van der Waals surface area contributed by atoms with E-state index in [-0.39, 0.29) is 13.2 Å². The maximum absolute atomic E-state index is 13.5. The summed E-state index contributed by atoms with van der Waals surface area (Å²) in [5.41, 5.74) is -1.22. The Kier molecular flexibility index (Phi) is 5.68. The van der Waals surface area contributed by atoms with Gasteiger partial charge in [0.05, 0.1) is 19.4 Å². The van der Waals surface area contributed by atoms with E-state index in [9.17, 15) is 26.5 Å². The van der Waals surface area contributed by atoms with Crippen LogP contribution < -0.4 is 0 Å². The summed E-state index contributed by atoms with van der Waals surface area (Å²) >= 11 is 0. The Hall–Kier alpha value is -0.980. The second-order valence-electron chi connectivity index (χ2n) is 3.65. The van der Waals surface area contributed by atoms with Gasteiger partial charge in [-0.1, -0.05) is 0 Å². The molecule has 0 atom stereocenters. The van der Waals surface area contributed by atoms with Crippen LogP contribution in [0.15, 0.2) is 0 Å². The molecule has 0 unspecified atom stereocenters. The highest BCUT2D eigenvalue weighted by Crippen LogP contribution is 2.52. The van der Waals surface area contributed by atoms with E-state index in [1.165, 1.54) is 13.8 Å². The van der Waals surface area contributed by atoms with Crippen LogP contribution in [0.2, 0.25) is 0 Å². The summed E-state index contributed by atoms with van der Waals surface area (Å²) in [6, 6.07) is 0. The van der Waals surface area contributed by atoms with Gasteiger partial charge in [-0.05, 0) is 13.8 Å². The molecule has 0 amide bonds. The normalized spacial score (nSPS) is 11.9. The summed E-state index contributed by atoms with van der Waals surface area (Å²) < 4.78 is 87.4. The van der Waals surface area contributed by atoms with E-state index in [1.807, 2.05) is 0 Å². The highest BCUT2D eigenvalue weighted by molar-refractivity contribution is 7.53. The standard InChI is InChI=1S/C11H12F5O3P/c1-3-18-20(17,19-4-2)5-6-7(12)9(14)11(16)10(15)8(6)13/h3-5H2,1-2H3. The van der Waals surface area contributed by atoms with E-state index < -0.39 is 48.4 Å². The van der Waals surface area contributed by atoms with Crippen LogP contribution in [0, 0.1) is 29.1 Å². The summed E-state index contributed by atoms with van der Waals surface area (Å²) in [5.74, 6) is -10.6. The molecular weight excluding hydrogens is 306 g/mol. The monoisotopic (exact) mass is 318 g/mol. The topological polar surface area (TPSA) is 35.5 Å². The average Bonchev–Trinajstić information content (AvgIpc) is 2.40. The third-order valence-corrected chi connectivity index (χ3v) is 4.31. The summed E-state index contributed by atoms with van der Waals surface area (Å²) in [5, 5.41) is 0. The van der Waals surface area contributed by atoms with Crippen molar-refractivity contribution in [1.29, 1.82) is 0 Å². The Morgan fingerprint density at radius 3 is 1.50 bits per heavy atom. The average molecular weight is 318 g/mol. The summed E-state index contributed by atoms with van der Waals surface area (Å²) in [7, 11) is -3.99. The van der Waals surface area contributed by atoms with Gasteiger partial charge in [0.1, 0.15) is 0 Å². The zero-order valence-corrected chi connectivity index (χ0v) is 11.6. The summed E-state index contributed by atoms with van der Waals surface area (Å²) in [6.07, 6.45) is -1.04. The fraction of sp³-hybridized carbons (Fsp3) is 0.455. The quantitative estimate of drug-likeness (QED) is 0.342. The lowest BCUT2D eigenvalue weighted by Crippen LogP contribution is -2.09. The molecule has 0 N–H and O–H groups in total. The highest BCUT2D eigenvalue weighted by atomic mass is 31.2. The summed E-state index contributed by atoms with van der Waals surface area (Å²) in [4.78, 5) is 0. The summed E-state index contributed by atoms with van der Waals surface area (Å²) in [6.45, 7) is 2.69. The number of hydrogen-bond acceptors (Lipinski definition) is 3. The van der Waals surface area contributed by atoms with Gasteiger partial charge in [-0.15, -0.1) is 0 Å². The second kappa shape index (κ2) is 6.65. The smallest absolute Gasteiger partial charge is 0.309 e. The van der Waals surface area contributed by atoms with E-state index in [2.05, 4.69) is 0 Å². The van der Waals surface area contributed by atoms with Crippen LogP contribution in [0.25, 0.3) is 0 Å². The van der Waals surface area contributed by atoms with Crippen LogP contribution in [0.5, 0.6) is 0 Å². The van der Waals surface area contributed by atoms with Crippen LogP contribution >= 0.6 is 7.60 Å². The van der Waals surface area contributed by atoms with Crippen LogP contribution in [-0.2, 0) is 19.8 Å². The lowest BCUT2D eigenvalue weighted by Gasteiger charge is -2.18. The molecule has 0 aliphatic rings. The van der Waals surface area contributed by atoms with Crippen molar-refractivity contribution in [2.24, 2.45) is 0 Å². The van der Waals surface area contributed by atoms with Gasteiger partial charge in [-0.3, -0.25) is 4.57 Å². The molecule has 0 spiro atoms. The predicted molar refractivity (Wildman–Crippen MR) is 60.8 cm³/mol. The Labute approximate surface area is 112 Å². The fourth-order valence-electron chi connectivity index (χ4n) is 1.50. The minimum atomic E-state index is -3.99. The molecule has 0 bridgehead atoms. The molecule has 0 fully saturated rings. The minimum absolute atomic E-state index is 0.104. The van der Waals surface area contributed by atoms with Crippen LogP contribution in [0.3, 0.4) is 0 Å². The molecule has 0 aromatic heterocycles. The van der Waals surface area contributed by atoms with Crippen molar-refractivity contribution in [1.82, 2.24) is 0 Å². The highest BCUT2D eigenvalue weighted by Gasteiger charge is 2.32. The maximum atomic E-state index is 13.5. The number of hydrogen-bond donors (Lipinski definition) is 0. The van der Waals surface area contributed by atoms with Gasteiger partial charge in [0.2, 0.25) is 5.82 Å². The van der Waals surface area contributed by atoms with Gasteiger partial charge >= 0.3 is 7.60 Å². The fourth-order valence-corrected chi connectivity index (χ4v) is 3.21. The molecule has 0 saturated heterocycles. The SMILES string of the molecule is CCOP(=O)(Cc1c(F)c(F)c(F)c(F)c1F)OCC. The van der Waals surface area contributed by atoms with Gasteiger partial charge in [-0.2, -0.15) is 0 Å². The molecule has 1 aromatic carbocycles. The second-order valence-corrected chi connectivity index (χ2v) is 5.71. The van der Waals surface area contributed by atoms with Crippen LogP contribution in [-0.4, -0.2) is 13.2 Å². The zero-order valence-electron chi connectivity index (χ0n) is 10.7. The molecule has 3 nitrogen and oxygen atoms in total. The largest absolute Gasteiger partial charge is 0.335 e. The van der Waals surface area contributed by atoms with Crippen molar-refractivity contribution >= 4 is 7.60 Å². The van der Waals surface area contributed by atoms with E-state index in [0.717, 1.165) is 0 Å². The molecule has 1 aromatic rings. The molecule has 0 aliphatic carbocycles. The van der Waals surface area contributed by atoms with E-state index >= 15 is 0 Å². The molecular formula is C11H12F5O3P. The van der Waals surface area contributed by atoms with Gasteiger partial charge < -0.3 is 9.05 Å². The van der Waals surface area contributed by atoms with Crippen LogP contribution in [0.4, 0.5) is 22.0 Å². The van der Waals surface area contributed by atoms with Gasteiger partial charge in [-0.25, -0.2) is 22.0 Å². The predicted octanol–water partition coefficient (Wildman–Crippen LogP) is 4.15. The lowest BCUT2D eigenvalue weighted by molar-refractivity contribution is 0.218. The first kappa shape index (κ1) is 17.1. The van der Waals surface area contributed by atoms with Crippen LogP contribution in [0.1, 0.15) is 19.4 Å². The molecule has 9 heteroatoms. The van der Waals surface area contributed by atoms with Gasteiger partial charge in [0.25, 0.3) is 0 Å². The van der Waals surface area contributed by atoms with Crippen molar-refractivity contribution in [3.8, 4) is 0 Å². The van der Waals surface area contributed by atoms with Gasteiger partial charge in [0, 0.05) is 5.56 Å². The third-order valence-electron chi connectivity index (χ3n) is 2.30. The molecule has 114 valence electrons. The van der Waals surface area contributed by atoms with E-state index in [1.54, 1.807) is 0 Å². The number of benzene rings is 1. The first-order chi connectivity index (χ1) is 9.27. The van der Waals surface area contributed by atoms with Crippen molar-refractivity contribution in [2.75, 3.05) is 13.2 Å². The maximum Gasteiger partial charge on any atom is 0.335 e. The molecule has 0 aliphatic heterocycles. The Bertz CT molecular complexity index is 510. The van der Waals surface area contributed by atoms with Crippen molar-refractivity contribution in [2.45, 2.75) is 20.0 Å². The Morgan fingerprint density at radius 2 is 1.15 bits per heavy atom. The van der Waals surface area contributed by atoms with Crippen molar-refractivity contribution < 1.29 is 35.6 Å². The van der Waals surface area contributed by atoms with E-state index in [4.69, 9.17) is 9.05 Å². The minimum Gasteiger partial charge on any atom is -0.309 e. The molecule has 0 saturated carbocycles. The van der Waals surface area contributed by atoms with Crippen molar-refractivity contribution in [3.63, 3.8) is 0 Å². The first-order valence-electron chi connectivity index (χ1n) is 5.65. The Balaban J connectivity index is 3.30. The number of rotatable bonds is 6. The van der Waals surface area contributed by atoms with Gasteiger partial charge in [0.15, 0.2) is 23.3 Å². The van der Waals surface area contributed by atoms with E-state index in [0.29, 0.717) is 0 Å². The molecule has 1 rings (SSSR count). The lowest BCUT2D eigenvalue weighted by atomic mass is 10.2. The number of halogens is 5. The third kappa shape index (κ3) is 3.37. The molecule has 0 radical (unpaired) electrons. The first-order valence-corrected chi connectivity index (χ1v) is 7.38. The van der Waals surface area contributed by atoms with Crippen molar-refractivity contribution in [3.05, 3.63) is 34.6 Å².